The quantitative estimate of drug-likeness (QED) is 0.810. The topological polar surface area (TPSA) is 80.8 Å². The predicted octanol–water partition coefficient (Wildman–Crippen LogP) is 1.15. The maximum Gasteiger partial charge on any atom is 0.251 e. The first-order chi connectivity index (χ1) is 14.0. The molecule has 2 aliphatic rings. The fourth-order valence-corrected chi connectivity index (χ4v) is 3.75. The summed E-state index contributed by atoms with van der Waals surface area (Å²) in [4.78, 5) is 35.5. The number of nitrogens with one attached hydrogen (secondary N) is 2. The van der Waals surface area contributed by atoms with Crippen LogP contribution in [0.25, 0.3) is 0 Å². The molecule has 0 bridgehead atoms. The highest BCUT2D eigenvalue weighted by Crippen LogP contribution is 2.29. The summed E-state index contributed by atoms with van der Waals surface area (Å²) < 4.78 is 0. The molecule has 1 aromatic heterocycles. The number of hydrogen-bond acceptors (Lipinski definition) is 6. The molecule has 0 radical (unpaired) electrons. The Balaban J connectivity index is 1.46. The van der Waals surface area contributed by atoms with Gasteiger partial charge in [-0.15, -0.1) is 0 Å². The number of piperazine rings is 1. The van der Waals surface area contributed by atoms with E-state index in [2.05, 4.69) is 32.5 Å². The minimum absolute atomic E-state index is 0.0789. The van der Waals surface area contributed by atoms with Crippen LogP contribution in [0.4, 0.5) is 17.2 Å². The van der Waals surface area contributed by atoms with Gasteiger partial charge in [-0.1, -0.05) is 6.07 Å². The number of rotatable bonds is 4. The van der Waals surface area contributed by atoms with Crippen LogP contribution in [0.15, 0.2) is 36.5 Å². The maximum atomic E-state index is 12.7. The van der Waals surface area contributed by atoms with Gasteiger partial charge in [0.05, 0.1) is 17.9 Å². The number of aromatic nitrogens is 1. The van der Waals surface area contributed by atoms with E-state index in [1.165, 1.54) is 0 Å². The molecule has 4 rings (SSSR count). The number of amides is 2. The van der Waals surface area contributed by atoms with E-state index >= 15 is 0 Å². The van der Waals surface area contributed by atoms with Crippen LogP contribution in [0.1, 0.15) is 15.9 Å². The maximum absolute atomic E-state index is 12.7. The lowest BCUT2D eigenvalue weighted by atomic mass is 10.1. The number of likely N-dealkylation sites (N-methyl/N-ethyl adjacent to an activating group) is 2. The summed E-state index contributed by atoms with van der Waals surface area (Å²) in [5.41, 5.74) is 3.09. The number of fused-ring (bicyclic) bond motifs is 1. The number of anilines is 3. The van der Waals surface area contributed by atoms with Gasteiger partial charge in [0, 0.05) is 57.1 Å². The molecule has 0 saturated carbocycles. The van der Waals surface area contributed by atoms with Gasteiger partial charge in [-0.25, -0.2) is 4.98 Å². The zero-order valence-electron chi connectivity index (χ0n) is 16.8. The lowest BCUT2D eigenvalue weighted by molar-refractivity contribution is -0.115. The summed E-state index contributed by atoms with van der Waals surface area (Å²) in [6.45, 7) is 4.56. The van der Waals surface area contributed by atoms with Gasteiger partial charge in [-0.2, -0.15) is 0 Å². The third-order valence-corrected chi connectivity index (χ3v) is 5.43. The van der Waals surface area contributed by atoms with Gasteiger partial charge < -0.3 is 25.3 Å². The van der Waals surface area contributed by atoms with Crippen LogP contribution in [0, 0.1) is 0 Å². The van der Waals surface area contributed by atoms with E-state index < -0.39 is 0 Å². The smallest absolute Gasteiger partial charge is 0.251 e. The minimum atomic E-state index is -0.177. The first kappa shape index (κ1) is 19.2. The molecule has 0 unspecified atom stereocenters. The van der Waals surface area contributed by atoms with E-state index in [9.17, 15) is 9.59 Å². The van der Waals surface area contributed by atoms with Crippen molar-refractivity contribution in [3.8, 4) is 0 Å². The second-order valence-corrected chi connectivity index (χ2v) is 7.60. The number of carbonyl (C=O) groups excluding carboxylic acids is 2. The minimum Gasteiger partial charge on any atom is -0.364 e. The fraction of sp³-hybridized carbons (Fsp3) is 0.381. The Labute approximate surface area is 170 Å². The van der Waals surface area contributed by atoms with E-state index in [1.54, 1.807) is 18.3 Å². The molecule has 2 amide bonds. The van der Waals surface area contributed by atoms with Crippen molar-refractivity contribution in [3.05, 3.63) is 47.7 Å². The normalized spacial score (nSPS) is 17.0. The van der Waals surface area contributed by atoms with Crippen molar-refractivity contribution in [1.29, 1.82) is 0 Å². The third-order valence-electron chi connectivity index (χ3n) is 5.43. The van der Waals surface area contributed by atoms with E-state index in [4.69, 9.17) is 0 Å². The molecule has 2 aromatic rings. The number of hydrogen-bond donors (Lipinski definition) is 2. The van der Waals surface area contributed by atoms with Crippen LogP contribution in [0.3, 0.4) is 0 Å². The Hall–Kier alpha value is -3.13. The largest absolute Gasteiger partial charge is 0.364 e. The van der Waals surface area contributed by atoms with Crippen LogP contribution in [-0.2, 0) is 11.3 Å². The monoisotopic (exact) mass is 394 g/mol. The first-order valence-corrected chi connectivity index (χ1v) is 9.82. The molecular weight excluding hydrogens is 368 g/mol. The molecule has 1 fully saturated rings. The van der Waals surface area contributed by atoms with Crippen molar-refractivity contribution < 1.29 is 9.59 Å². The van der Waals surface area contributed by atoms with Gasteiger partial charge in [0.1, 0.15) is 5.82 Å². The molecular formula is C21H26N6O2. The lowest BCUT2D eigenvalue weighted by Crippen LogP contribution is -2.45. The number of benzene rings is 1. The van der Waals surface area contributed by atoms with Gasteiger partial charge in [-0.3, -0.25) is 9.59 Å². The van der Waals surface area contributed by atoms with Crippen molar-refractivity contribution in [3.63, 3.8) is 0 Å². The van der Waals surface area contributed by atoms with Crippen molar-refractivity contribution in [2.75, 3.05) is 61.9 Å². The second kappa shape index (κ2) is 8.08. The highest BCUT2D eigenvalue weighted by molar-refractivity contribution is 6.03. The summed E-state index contributed by atoms with van der Waals surface area (Å²) in [6.07, 6.45) is 1.79. The second-order valence-electron chi connectivity index (χ2n) is 7.60. The van der Waals surface area contributed by atoms with Crippen LogP contribution in [0.2, 0.25) is 0 Å². The lowest BCUT2D eigenvalue weighted by Gasteiger charge is -2.34. The van der Waals surface area contributed by atoms with E-state index in [0.717, 1.165) is 43.2 Å². The Morgan fingerprint density at radius 3 is 2.76 bits per heavy atom. The van der Waals surface area contributed by atoms with Gasteiger partial charge in [-0.05, 0) is 31.3 Å². The Kier molecular flexibility index (Phi) is 5.35. The van der Waals surface area contributed by atoms with Gasteiger partial charge in [0.25, 0.3) is 5.91 Å². The summed E-state index contributed by atoms with van der Waals surface area (Å²) in [5, 5.41) is 5.82. The Morgan fingerprint density at radius 2 is 1.97 bits per heavy atom. The van der Waals surface area contributed by atoms with Crippen molar-refractivity contribution in [2.45, 2.75) is 6.54 Å². The Bertz CT molecular complexity index is 923. The third kappa shape index (κ3) is 4.17. The molecule has 2 aliphatic heterocycles. The van der Waals surface area contributed by atoms with Crippen LogP contribution < -0.4 is 20.4 Å². The van der Waals surface area contributed by atoms with Crippen molar-refractivity contribution in [1.82, 2.24) is 15.2 Å². The van der Waals surface area contributed by atoms with Gasteiger partial charge in [0.15, 0.2) is 0 Å². The molecule has 0 spiro atoms. The molecule has 1 saturated heterocycles. The molecule has 1 aromatic carbocycles. The molecule has 3 heterocycles. The van der Waals surface area contributed by atoms with Crippen molar-refractivity contribution >= 4 is 29.0 Å². The first-order valence-electron chi connectivity index (χ1n) is 9.82. The highest BCUT2D eigenvalue weighted by atomic mass is 16.2. The van der Waals surface area contributed by atoms with Crippen molar-refractivity contribution in [2.24, 2.45) is 0 Å². The molecule has 8 heteroatoms. The molecule has 0 atom stereocenters. The summed E-state index contributed by atoms with van der Waals surface area (Å²) in [6, 6.07) is 9.27. The number of carbonyl (C=O) groups is 2. The molecule has 2 N–H and O–H groups in total. The van der Waals surface area contributed by atoms with Gasteiger partial charge >= 0.3 is 0 Å². The molecule has 152 valence electrons. The zero-order chi connectivity index (χ0) is 20.4. The van der Waals surface area contributed by atoms with Crippen LogP contribution in [0.5, 0.6) is 0 Å². The Morgan fingerprint density at radius 1 is 1.17 bits per heavy atom. The van der Waals surface area contributed by atoms with E-state index in [0.29, 0.717) is 24.3 Å². The zero-order valence-corrected chi connectivity index (χ0v) is 16.8. The standard InChI is InChI=1S/C21H26N6O2/c1-25-8-10-27(11-9-25)20-16(4-3-7-22-20)13-23-21(29)15-5-6-18-17(12-15)24-19(28)14-26(18)2/h3-7,12H,8-11,13-14H2,1-2H3,(H,23,29)(H,24,28). The van der Waals surface area contributed by atoms with Crippen LogP contribution >= 0.6 is 0 Å². The van der Waals surface area contributed by atoms with E-state index in [1.807, 2.05) is 30.1 Å². The van der Waals surface area contributed by atoms with Crippen LogP contribution in [-0.4, -0.2) is 68.5 Å². The molecule has 0 aliphatic carbocycles. The predicted molar refractivity (Wildman–Crippen MR) is 113 cm³/mol. The summed E-state index contributed by atoms with van der Waals surface area (Å²) in [7, 11) is 3.98. The fourth-order valence-electron chi connectivity index (χ4n) is 3.75. The van der Waals surface area contributed by atoms with Gasteiger partial charge in [0.2, 0.25) is 5.91 Å². The average molecular weight is 394 g/mol. The molecule has 8 nitrogen and oxygen atoms in total. The molecule has 29 heavy (non-hydrogen) atoms. The SMILES string of the molecule is CN1CCN(c2ncccc2CNC(=O)c2ccc3c(c2)NC(=O)CN3C)CC1. The summed E-state index contributed by atoms with van der Waals surface area (Å²) in [5.74, 6) is 0.674. The number of pyridine rings is 1. The number of nitrogens with zero attached hydrogens (tertiary/aromatic N) is 4. The highest BCUT2D eigenvalue weighted by Gasteiger charge is 2.21. The van der Waals surface area contributed by atoms with E-state index in [-0.39, 0.29) is 11.8 Å². The summed E-state index contributed by atoms with van der Waals surface area (Å²) >= 11 is 0. The average Bonchev–Trinajstić information content (AvgIpc) is 2.72.